The molecule has 0 unspecified atom stereocenters. The molecule has 2 atom stereocenters. The lowest BCUT2D eigenvalue weighted by atomic mass is 9.78. The van der Waals surface area contributed by atoms with Gasteiger partial charge in [0.25, 0.3) is 0 Å². The first-order chi connectivity index (χ1) is 11.0. The lowest BCUT2D eigenvalue weighted by Crippen LogP contribution is -2.34. The van der Waals surface area contributed by atoms with Gasteiger partial charge in [0.05, 0.1) is 23.4 Å². The van der Waals surface area contributed by atoms with Crippen molar-refractivity contribution in [2.45, 2.75) is 26.7 Å². The summed E-state index contributed by atoms with van der Waals surface area (Å²) >= 11 is 6.03. The highest BCUT2D eigenvalue weighted by Crippen LogP contribution is 2.40. The molecule has 0 radical (unpaired) electrons. The van der Waals surface area contributed by atoms with Crippen LogP contribution < -0.4 is 4.74 Å². The number of likely N-dealkylation sites (tertiary alicyclic amines) is 1. The summed E-state index contributed by atoms with van der Waals surface area (Å²) in [4.78, 5) is 26.4. The molecule has 0 spiro atoms. The summed E-state index contributed by atoms with van der Waals surface area (Å²) in [7, 11) is 0. The number of allylic oxidation sites excluding steroid dienone is 2. The molecule has 0 aromatic heterocycles. The lowest BCUT2D eigenvalue weighted by molar-refractivity contribution is -0.140. The summed E-state index contributed by atoms with van der Waals surface area (Å²) in [5.74, 6) is 0.0706. The largest absolute Gasteiger partial charge is 0.490 e. The second-order valence-corrected chi connectivity index (χ2v) is 6.70. The van der Waals surface area contributed by atoms with E-state index in [1.165, 1.54) is 16.0 Å². The van der Waals surface area contributed by atoms with E-state index in [1.54, 1.807) is 12.1 Å². The average molecular weight is 334 g/mol. The number of hydrogen-bond acceptors (Lipinski definition) is 3. The Kier molecular flexibility index (Phi) is 4.44. The topological polar surface area (TPSA) is 46.6 Å². The fourth-order valence-corrected chi connectivity index (χ4v) is 3.54. The zero-order valence-corrected chi connectivity index (χ0v) is 14.1. The zero-order valence-electron chi connectivity index (χ0n) is 13.3. The molecule has 3 rings (SSSR count). The standard InChI is InChI=1S/C18H20ClNO3/c1-11-9-13-14(10-12(11)2)18(22)20(17(13)21)7-8-23-16-6-4-3-5-15(16)19/h3-6,13-14H,7-10H2,1-2H3/t13-,14-/m0/s1. The van der Waals surface area contributed by atoms with Crippen LogP contribution in [0.2, 0.25) is 5.02 Å². The predicted molar refractivity (Wildman–Crippen MR) is 88.3 cm³/mol. The minimum Gasteiger partial charge on any atom is -0.490 e. The summed E-state index contributed by atoms with van der Waals surface area (Å²) in [5, 5.41) is 0.524. The number of para-hydroxylation sites is 1. The number of halogens is 1. The Morgan fingerprint density at radius 1 is 1.09 bits per heavy atom. The summed E-state index contributed by atoms with van der Waals surface area (Å²) < 4.78 is 5.60. The molecule has 1 aliphatic carbocycles. The summed E-state index contributed by atoms with van der Waals surface area (Å²) in [6, 6.07) is 7.17. The molecule has 1 fully saturated rings. The summed E-state index contributed by atoms with van der Waals surface area (Å²) in [6.07, 6.45) is 1.39. The maximum Gasteiger partial charge on any atom is 0.233 e. The number of imide groups is 1. The quantitative estimate of drug-likeness (QED) is 0.626. The number of amides is 2. The second kappa shape index (κ2) is 6.36. The van der Waals surface area contributed by atoms with Crippen molar-refractivity contribution in [1.82, 2.24) is 4.90 Å². The molecule has 122 valence electrons. The molecule has 2 amide bonds. The van der Waals surface area contributed by atoms with Gasteiger partial charge in [-0.3, -0.25) is 14.5 Å². The third-order valence-electron chi connectivity index (χ3n) is 4.84. The Bertz CT molecular complexity index is 651. The molecule has 1 aromatic carbocycles. The molecule has 23 heavy (non-hydrogen) atoms. The first kappa shape index (κ1) is 16.1. The Morgan fingerprint density at radius 3 is 2.22 bits per heavy atom. The van der Waals surface area contributed by atoms with E-state index in [4.69, 9.17) is 16.3 Å². The van der Waals surface area contributed by atoms with Crippen molar-refractivity contribution in [2.24, 2.45) is 11.8 Å². The van der Waals surface area contributed by atoms with Crippen molar-refractivity contribution >= 4 is 23.4 Å². The van der Waals surface area contributed by atoms with Gasteiger partial charge in [-0.25, -0.2) is 0 Å². The number of ether oxygens (including phenoxy) is 1. The van der Waals surface area contributed by atoms with Gasteiger partial charge in [-0.2, -0.15) is 0 Å². The van der Waals surface area contributed by atoms with Crippen LogP contribution in [0.4, 0.5) is 0 Å². The minimum atomic E-state index is -0.188. The number of carbonyl (C=O) groups is 2. The highest BCUT2D eigenvalue weighted by atomic mass is 35.5. The lowest BCUT2D eigenvalue weighted by Gasteiger charge is -2.23. The van der Waals surface area contributed by atoms with Crippen molar-refractivity contribution < 1.29 is 14.3 Å². The fourth-order valence-electron chi connectivity index (χ4n) is 3.35. The van der Waals surface area contributed by atoms with Gasteiger partial charge in [0, 0.05) is 0 Å². The van der Waals surface area contributed by atoms with E-state index in [9.17, 15) is 9.59 Å². The highest BCUT2D eigenvalue weighted by Gasteiger charge is 2.48. The molecule has 1 saturated heterocycles. The van der Waals surface area contributed by atoms with Gasteiger partial charge in [0.15, 0.2) is 0 Å². The number of fused-ring (bicyclic) bond motifs is 1. The summed E-state index contributed by atoms with van der Waals surface area (Å²) in [5.41, 5.74) is 2.48. The number of hydrogen-bond donors (Lipinski definition) is 0. The van der Waals surface area contributed by atoms with Gasteiger partial charge in [-0.1, -0.05) is 34.9 Å². The van der Waals surface area contributed by atoms with Crippen LogP contribution in [0, 0.1) is 11.8 Å². The van der Waals surface area contributed by atoms with Crippen LogP contribution in [-0.2, 0) is 9.59 Å². The maximum absolute atomic E-state index is 12.5. The van der Waals surface area contributed by atoms with Crippen molar-refractivity contribution in [3.8, 4) is 5.75 Å². The Hall–Kier alpha value is -1.81. The van der Waals surface area contributed by atoms with E-state index in [1.807, 2.05) is 26.0 Å². The van der Waals surface area contributed by atoms with Gasteiger partial charge in [0.2, 0.25) is 11.8 Å². The average Bonchev–Trinajstić information content (AvgIpc) is 2.74. The van der Waals surface area contributed by atoms with E-state index >= 15 is 0 Å². The van der Waals surface area contributed by atoms with Crippen LogP contribution in [0.3, 0.4) is 0 Å². The van der Waals surface area contributed by atoms with Crippen LogP contribution in [0.5, 0.6) is 5.75 Å². The fraction of sp³-hybridized carbons (Fsp3) is 0.444. The molecule has 1 heterocycles. The van der Waals surface area contributed by atoms with Gasteiger partial charge in [0.1, 0.15) is 12.4 Å². The smallest absolute Gasteiger partial charge is 0.233 e. The molecule has 0 saturated carbocycles. The van der Waals surface area contributed by atoms with Crippen LogP contribution in [0.15, 0.2) is 35.4 Å². The van der Waals surface area contributed by atoms with E-state index in [0.29, 0.717) is 23.6 Å². The van der Waals surface area contributed by atoms with Gasteiger partial charge in [-0.15, -0.1) is 0 Å². The zero-order chi connectivity index (χ0) is 16.6. The molecule has 1 aliphatic heterocycles. The second-order valence-electron chi connectivity index (χ2n) is 6.29. The third kappa shape index (κ3) is 3.00. The molecular weight excluding hydrogens is 314 g/mol. The first-order valence-electron chi connectivity index (χ1n) is 7.87. The molecule has 0 bridgehead atoms. The molecule has 4 nitrogen and oxygen atoms in total. The number of carbonyl (C=O) groups excluding carboxylic acids is 2. The van der Waals surface area contributed by atoms with Gasteiger partial charge in [-0.05, 0) is 38.8 Å². The van der Waals surface area contributed by atoms with Crippen LogP contribution in [0.1, 0.15) is 26.7 Å². The highest BCUT2D eigenvalue weighted by molar-refractivity contribution is 6.32. The van der Waals surface area contributed by atoms with Gasteiger partial charge < -0.3 is 4.74 Å². The monoisotopic (exact) mass is 333 g/mol. The molecule has 5 heteroatoms. The number of rotatable bonds is 4. The van der Waals surface area contributed by atoms with Crippen molar-refractivity contribution in [3.05, 3.63) is 40.4 Å². The Morgan fingerprint density at radius 2 is 1.65 bits per heavy atom. The van der Waals surface area contributed by atoms with Gasteiger partial charge >= 0.3 is 0 Å². The Balaban J connectivity index is 1.63. The first-order valence-corrected chi connectivity index (χ1v) is 8.24. The van der Waals surface area contributed by atoms with E-state index in [-0.39, 0.29) is 36.8 Å². The van der Waals surface area contributed by atoms with E-state index in [0.717, 1.165) is 0 Å². The van der Waals surface area contributed by atoms with Crippen LogP contribution in [-0.4, -0.2) is 29.9 Å². The minimum absolute atomic E-state index is 0.0605. The maximum atomic E-state index is 12.5. The SMILES string of the molecule is CC1=C(C)C[C@@H]2C(=O)N(CCOc3ccccc3Cl)C(=O)[C@H]2C1. The van der Waals surface area contributed by atoms with Crippen LogP contribution >= 0.6 is 11.6 Å². The molecule has 2 aliphatic rings. The molecular formula is C18H20ClNO3. The van der Waals surface area contributed by atoms with Crippen molar-refractivity contribution in [3.63, 3.8) is 0 Å². The third-order valence-corrected chi connectivity index (χ3v) is 5.15. The Labute approximate surface area is 141 Å². The van der Waals surface area contributed by atoms with E-state index < -0.39 is 0 Å². The normalized spacial score (nSPS) is 24.2. The summed E-state index contributed by atoms with van der Waals surface area (Å²) in [6.45, 7) is 4.62. The van der Waals surface area contributed by atoms with Crippen molar-refractivity contribution in [1.29, 1.82) is 0 Å². The number of nitrogens with zero attached hydrogens (tertiary/aromatic N) is 1. The molecule has 0 N–H and O–H groups in total. The predicted octanol–water partition coefficient (Wildman–Crippen LogP) is 3.45. The number of benzene rings is 1. The molecule has 1 aromatic rings. The van der Waals surface area contributed by atoms with Crippen molar-refractivity contribution in [2.75, 3.05) is 13.2 Å². The van der Waals surface area contributed by atoms with Crippen LogP contribution in [0.25, 0.3) is 0 Å². The van der Waals surface area contributed by atoms with E-state index in [2.05, 4.69) is 0 Å².